The Bertz CT molecular complexity index is 6620. The van der Waals surface area contributed by atoms with Gasteiger partial charge in [-0.25, -0.2) is 29.5 Å². The van der Waals surface area contributed by atoms with Gasteiger partial charge < -0.3 is 19.3 Å². The molecule has 10 aliphatic rings. The number of rotatable bonds is 7. The van der Waals surface area contributed by atoms with Crippen LogP contribution in [0.15, 0.2) is 201 Å². The number of aromatic nitrogens is 11. The summed E-state index contributed by atoms with van der Waals surface area (Å²) >= 11 is 0. The molecule has 25 rings (SSSR count). The van der Waals surface area contributed by atoms with Gasteiger partial charge in [0.15, 0.2) is 0 Å². The Hall–Kier alpha value is -11.6. The lowest BCUT2D eigenvalue weighted by Gasteiger charge is -2.41. The molecule has 634 valence electrons. The number of imidazole rings is 5. The highest BCUT2D eigenvalue weighted by Gasteiger charge is 2.55. The maximum atomic E-state index is 5.03. The number of hydrogen-bond acceptors (Lipinski definition) is 8. The summed E-state index contributed by atoms with van der Waals surface area (Å²) in [6, 6.07) is 66.8. The van der Waals surface area contributed by atoms with Gasteiger partial charge in [-0.3, -0.25) is 13.7 Å². The largest absolute Gasteiger partial charge is 0.363 e. The van der Waals surface area contributed by atoms with Crippen LogP contribution in [0.2, 0.25) is 0 Å². The molecular weight excluding hydrogens is 1530 g/mol. The lowest BCUT2D eigenvalue weighted by atomic mass is 9.67. The molecule has 3 saturated carbocycles. The Morgan fingerprint density at radius 3 is 1.42 bits per heavy atom. The smallest absolute Gasteiger partial charge is 0.294 e. The van der Waals surface area contributed by atoms with Crippen molar-refractivity contribution < 1.29 is 4.57 Å². The number of allylic oxidation sites excluding steroid dienone is 1. The van der Waals surface area contributed by atoms with Crippen molar-refractivity contribution in [1.82, 2.24) is 47.8 Å². The van der Waals surface area contributed by atoms with Gasteiger partial charge in [-0.1, -0.05) is 189 Å². The van der Waals surface area contributed by atoms with E-state index in [4.69, 9.17) is 24.9 Å². The van der Waals surface area contributed by atoms with Crippen LogP contribution in [0.5, 0.6) is 0 Å². The number of hydrogen-bond donors (Lipinski definition) is 0. The van der Waals surface area contributed by atoms with Crippen molar-refractivity contribution in [3.63, 3.8) is 0 Å². The van der Waals surface area contributed by atoms with Crippen LogP contribution in [-0.4, -0.2) is 71.4 Å². The maximum absolute atomic E-state index is 5.03. The molecular formula is C111H121N14+. The highest BCUT2D eigenvalue weighted by molar-refractivity contribution is 5.92. The number of para-hydroxylation sites is 5. The summed E-state index contributed by atoms with van der Waals surface area (Å²) < 4.78 is 14.0. The fourth-order valence-electron chi connectivity index (χ4n) is 25.9. The third kappa shape index (κ3) is 12.4. The molecule has 15 aromatic rings. The van der Waals surface area contributed by atoms with Crippen molar-refractivity contribution in [2.24, 2.45) is 12.5 Å². The molecule has 0 N–H and O–H groups in total. The highest BCUT2D eigenvalue weighted by atomic mass is 15.3. The minimum absolute atomic E-state index is 0.182. The Balaban J connectivity index is 0.0000000989. The first kappa shape index (κ1) is 79.3. The van der Waals surface area contributed by atoms with Crippen molar-refractivity contribution in [1.29, 1.82) is 0 Å². The van der Waals surface area contributed by atoms with E-state index < -0.39 is 0 Å². The lowest BCUT2D eigenvalue weighted by Crippen LogP contribution is -2.44. The van der Waals surface area contributed by atoms with Gasteiger partial charge in [0.25, 0.3) is 5.82 Å². The van der Waals surface area contributed by atoms with E-state index in [-0.39, 0.29) is 16.4 Å². The molecule has 14 nitrogen and oxygen atoms in total. The first-order chi connectivity index (χ1) is 60.6. The molecule has 3 spiro atoms. The van der Waals surface area contributed by atoms with Crippen LogP contribution in [0, 0.1) is 33.1 Å². The summed E-state index contributed by atoms with van der Waals surface area (Å²) in [6.07, 6.45) is 35.9. The Kier molecular flexibility index (Phi) is 19.1. The van der Waals surface area contributed by atoms with E-state index in [2.05, 4.69) is 340 Å². The average Bonchev–Trinajstić information content (AvgIpc) is 1.57. The summed E-state index contributed by atoms with van der Waals surface area (Å²) in [5, 5.41) is 0. The predicted octanol–water partition coefficient (Wildman–Crippen LogP) is 25.8. The van der Waals surface area contributed by atoms with Crippen molar-refractivity contribution in [2.45, 2.75) is 265 Å². The van der Waals surface area contributed by atoms with Crippen LogP contribution in [0.1, 0.15) is 261 Å². The van der Waals surface area contributed by atoms with Gasteiger partial charge in [-0.15, -0.1) is 0 Å². The molecule has 1 saturated heterocycles. The van der Waals surface area contributed by atoms with E-state index in [0.29, 0.717) is 35.4 Å². The molecule has 0 bridgehead atoms. The van der Waals surface area contributed by atoms with Crippen molar-refractivity contribution in [3.05, 3.63) is 285 Å². The van der Waals surface area contributed by atoms with Gasteiger partial charge >= 0.3 is 0 Å². The molecule has 0 amide bonds. The normalized spacial score (nSPS) is 19.5. The van der Waals surface area contributed by atoms with Crippen LogP contribution >= 0.6 is 0 Å². The second-order valence-electron chi connectivity index (χ2n) is 40.1. The van der Waals surface area contributed by atoms with Gasteiger partial charge in [0, 0.05) is 112 Å². The average molecular weight is 1650 g/mol. The molecule has 3 aliphatic carbocycles. The molecule has 9 aromatic carbocycles. The first-order valence-corrected chi connectivity index (χ1v) is 47.2. The van der Waals surface area contributed by atoms with Crippen LogP contribution in [-0.2, 0) is 43.6 Å². The number of pyridine rings is 1. The van der Waals surface area contributed by atoms with E-state index in [0.717, 1.165) is 71.0 Å². The van der Waals surface area contributed by atoms with Crippen LogP contribution in [0.3, 0.4) is 0 Å². The highest BCUT2D eigenvalue weighted by Crippen LogP contribution is 2.60. The van der Waals surface area contributed by atoms with E-state index >= 15 is 0 Å². The summed E-state index contributed by atoms with van der Waals surface area (Å²) in [4.78, 5) is 32.8. The van der Waals surface area contributed by atoms with Crippen LogP contribution in [0.25, 0.3) is 84.5 Å². The number of anilines is 5. The van der Waals surface area contributed by atoms with Crippen LogP contribution < -0.4 is 19.3 Å². The molecule has 14 heteroatoms. The molecule has 0 radical (unpaired) electrons. The SMILES string of the molecule is Cc1cc2nc3n(c2cc1-c1n(-c2c(C(C)C)cccc2C(C)C)cc[n+]1C)C=CC3.Cc1cc2nc3n(c2cc1N1C(C)C2(CCCCC2)CC1(C)C)-c1ccccc1C3.Cc1cc2nc3n(c2cc1N1c2ccccc2C2(CCCCC2)C1C)-c1ccccc1C3.Cc1cc2nc3n(c2cc1N1c2ncccc2C2(CCCCC2)C1C)-c1ccccc1C3. The number of benzene rings is 9. The molecule has 6 aromatic heterocycles. The minimum Gasteiger partial charge on any atom is -0.363 e. The summed E-state index contributed by atoms with van der Waals surface area (Å²) in [7, 11) is 2.14. The summed E-state index contributed by atoms with van der Waals surface area (Å²) in [6.45, 7) is 30.4. The van der Waals surface area contributed by atoms with E-state index in [1.165, 1.54) is 243 Å². The molecule has 13 heterocycles. The monoisotopic (exact) mass is 1650 g/mol. The third-order valence-electron chi connectivity index (χ3n) is 31.8. The second-order valence-corrected chi connectivity index (χ2v) is 40.1. The Morgan fingerprint density at radius 2 is 0.872 bits per heavy atom. The topological polar surface area (TPSA) is 103 Å². The predicted molar refractivity (Wildman–Crippen MR) is 513 cm³/mol. The van der Waals surface area contributed by atoms with Gasteiger partial charge in [-0.05, 0) is 248 Å². The van der Waals surface area contributed by atoms with E-state index in [1.807, 2.05) is 6.20 Å². The van der Waals surface area contributed by atoms with Crippen molar-refractivity contribution in [3.8, 4) is 34.1 Å². The standard InChI is InChI=1S/C29H29N3.C28H28N4.C27H31N4.C27H33N3/c1-19-16-23-27(32-24-12-6-4-10-21(24)17-28(32)30-23)18-26(19)31-20(2)29(14-8-3-9-15-29)22-11-5-7-13-25(22)31;1-18-15-22-25(32-23-11-5-4-9-20(23)16-26(32)30-22)17-24(18)31-19(2)28(12-6-3-7-13-28)21-10-8-14-29-27(21)31;1-17(2)20-9-7-10-21(18(3)4)26(20)31-14-13-29(6)27(31)22-16-24-23(15-19(22)5)28-25-11-8-12-30(24)25;1-18-14-21-24(29-22-11-7-6-10-20(22)15-25(29)28-21)16-23(18)30-19(2)27(17-26(30,3)4)12-8-5-9-13-27/h4-7,10-13,16,18,20H,3,8-9,14-15,17H2,1-2H3;4-5,8-11,14-15,17,19H,3,6-7,12-13,16H2,1-2H3;7-10,12-18H,11H2,1-6H3;6-7,10-11,14,16,19H,5,8-9,12-13,15,17H2,1-4H3/q;;+1;. The Labute approximate surface area is 737 Å². The summed E-state index contributed by atoms with van der Waals surface area (Å²) in [5.41, 5.74) is 37.5. The number of nitrogens with zero attached hydrogens (tertiary/aromatic N) is 14. The zero-order valence-electron chi connectivity index (χ0n) is 75.9. The molecule has 3 unspecified atom stereocenters. The van der Waals surface area contributed by atoms with Crippen LogP contribution in [0.4, 0.5) is 28.6 Å². The quantitative estimate of drug-likeness (QED) is 0.145. The zero-order valence-corrected chi connectivity index (χ0v) is 75.9. The molecule has 4 fully saturated rings. The zero-order chi connectivity index (χ0) is 85.4. The fraction of sp³-hybridized carbons (Fsp3) is 0.387. The first-order valence-electron chi connectivity index (χ1n) is 47.2. The number of fused-ring (bicyclic) bond motifs is 22. The number of aryl methyl sites for hydroxylation is 5. The third-order valence-corrected chi connectivity index (χ3v) is 31.8. The van der Waals surface area contributed by atoms with E-state index in [9.17, 15) is 0 Å². The second kappa shape index (κ2) is 30.0. The Morgan fingerprint density at radius 1 is 0.424 bits per heavy atom. The lowest BCUT2D eigenvalue weighted by molar-refractivity contribution is -0.659. The van der Waals surface area contributed by atoms with Gasteiger partial charge in [0.1, 0.15) is 47.2 Å². The van der Waals surface area contributed by atoms with E-state index in [1.54, 1.807) is 5.56 Å². The van der Waals surface area contributed by atoms with Gasteiger partial charge in [0.05, 0.1) is 73.8 Å². The van der Waals surface area contributed by atoms with Gasteiger partial charge in [-0.2, -0.15) is 4.57 Å². The van der Waals surface area contributed by atoms with Crippen molar-refractivity contribution in [2.75, 3.05) is 14.7 Å². The molecule has 125 heavy (non-hydrogen) atoms. The fourth-order valence-corrected chi connectivity index (χ4v) is 25.9. The minimum atomic E-state index is 0.182. The maximum Gasteiger partial charge on any atom is 0.294 e. The molecule has 7 aliphatic heterocycles. The van der Waals surface area contributed by atoms with Gasteiger partial charge in [0.2, 0.25) is 0 Å². The van der Waals surface area contributed by atoms with Crippen molar-refractivity contribution >= 4 is 78.9 Å². The summed E-state index contributed by atoms with van der Waals surface area (Å²) in [5.74, 6) is 7.87. The molecule has 3 atom stereocenters.